The number of aldehydes is 1. The second-order valence-corrected chi connectivity index (χ2v) is 24.5. The molecular weight excluding hydrogens is 1110 g/mol. The van der Waals surface area contributed by atoms with Crippen molar-refractivity contribution < 1.29 is 33.3 Å². The Labute approximate surface area is 507 Å². The number of aromatic nitrogens is 4. The molecule has 4 aliphatic rings. The van der Waals surface area contributed by atoms with Gasteiger partial charge in [0.15, 0.2) is 0 Å². The van der Waals surface area contributed by atoms with Crippen LogP contribution in [0.1, 0.15) is 98.1 Å². The van der Waals surface area contributed by atoms with Crippen LogP contribution < -0.4 is 24.6 Å². The third-order valence-corrected chi connectivity index (χ3v) is 16.9. The van der Waals surface area contributed by atoms with E-state index in [1.165, 1.54) is 37.4 Å². The van der Waals surface area contributed by atoms with Crippen LogP contribution in [0.3, 0.4) is 0 Å². The van der Waals surface area contributed by atoms with Crippen LogP contribution in [-0.2, 0) is 14.3 Å². The van der Waals surface area contributed by atoms with Crippen LogP contribution in [0.2, 0.25) is 10.0 Å². The van der Waals surface area contributed by atoms with Gasteiger partial charge in [-0.2, -0.15) is 0 Å². The fourth-order valence-corrected chi connectivity index (χ4v) is 11.8. The number of benzene rings is 4. The van der Waals surface area contributed by atoms with Gasteiger partial charge < -0.3 is 44.0 Å². The van der Waals surface area contributed by atoms with E-state index in [2.05, 4.69) is 79.8 Å². The Morgan fingerprint density at radius 3 is 1.55 bits per heavy atom. The number of pyridine rings is 2. The first-order valence-electron chi connectivity index (χ1n) is 29.0. The lowest BCUT2D eigenvalue weighted by atomic mass is 9.72. The van der Waals surface area contributed by atoms with Crippen molar-refractivity contribution in [3.05, 3.63) is 177 Å². The van der Waals surface area contributed by atoms with E-state index in [0.717, 1.165) is 152 Å². The first-order valence-corrected chi connectivity index (χ1v) is 29.8. The third-order valence-electron chi connectivity index (χ3n) is 16.4. The van der Waals surface area contributed by atoms with E-state index < -0.39 is 11.9 Å². The van der Waals surface area contributed by atoms with Crippen LogP contribution in [0.4, 0.5) is 11.4 Å². The molecule has 0 atom stereocenters. The molecule has 0 spiro atoms. The van der Waals surface area contributed by atoms with Gasteiger partial charge in [-0.15, -0.1) is 0 Å². The van der Waals surface area contributed by atoms with Gasteiger partial charge in [0.25, 0.3) is 0 Å². The lowest BCUT2D eigenvalue weighted by Crippen LogP contribution is -2.47. The van der Waals surface area contributed by atoms with Gasteiger partial charge in [-0.3, -0.25) is 9.69 Å². The Morgan fingerprint density at radius 1 is 0.588 bits per heavy atom. The summed E-state index contributed by atoms with van der Waals surface area (Å²) in [5.74, 6) is 1.19. The maximum Gasteiger partial charge on any atom is 0.341 e. The molecule has 4 aromatic carbocycles. The van der Waals surface area contributed by atoms with Crippen LogP contribution in [-0.4, -0.2) is 116 Å². The highest BCUT2D eigenvalue weighted by molar-refractivity contribution is 6.31. The van der Waals surface area contributed by atoms with E-state index in [1.807, 2.05) is 97.3 Å². The summed E-state index contributed by atoms with van der Waals surface area (Å²) in [7, 11) is 2.75. The quantitative estimate of drug-likeness (QED) is 0.0738. The molecule has 17 heteroatoms. The number of fused-ring (bicyclic) bond motifs is 2. The molecule has 15 nitrogen and oxygen atoms in total. The number of hydrogen-bond acceptors (Lipinski definition) is 13. The molecular formula is C68H74Cl2N8O7. The van der Waals surface area contributed by atoms with E-state index in [9.17, 15) is 14.4 Å². The highest BCUT2D eigenvalue weighted by Gasteiger charge is 2.31. The van der Waals surface area contributed by atoms with E-state index in [1.54, 1.807) is 30.1 Å². The molecule has 3 N–H and O–H groups in total. The molecule has 85 heavy (non-hydrogen) atoms. The van der Waals surface area contributed by atoms with Gasteiger partial charge in [0.1, 0.15) is 51.7 Å². The molecule has 0 amide bonds. The minimum atomic E-state index is -0.433. The van der Waals surface area contributed by atoms with Gasteiger partial charge in [0.2, 0.25) is 0 Å². The molecule has 2 aliphatic heterocycles. The first-order chi connectivity index (χ1) is 41.0. The molecule has 12 rings (SSSR count). The average molecular weight is 1190 g/mol. The number of anilines is 2. The van der Waals surface area contributed by atoms with Crippen molar-refractivity contribution in [1.29, 1.82) is 0 Å². The summed E-state index contributed by atoms with van der Waals surface area (Å²) >= 11 is 12.1. The zero-order valence-corrected chi connectivity index (χ0v) is 50.7. The second kappa shape index (κ2) is 27.0. The Balaban J connectivity index is 0.000000158. The summed E-state index contributed by atoms with van der Waals surface area (Å²) in [5.41, 5.74) is 12.6. The molecule has 2 saturated heterocycles. The van der Waals surface area contributed by atoms with Gasteiger partial charge in [-0.05, 0) is 150 Å². The van der Waals surface area contributed by atoms with E-state index in [-0.39, 0.29) is 5.41 Å². The molecule has 2 aliphatic carbocycles. The van der Waals surface area contributed by atoms with Crippen molar-refractivity contribution >= 4 is 86.0 Å². The van der Waals surface area contributed by atoms with Gasteiger partial charge in [-0.1, -0.05) is 80.7 Å². The number of carbonyl (C=O) groups is 3. The van der Waals surface area contributed by atoms with Crippen molar-refractivity contribution in [2.45, 2.75) is 66.2 Å². The molecule has 4 aromatic heterocycles. The number of nitrogens with one attached hydrogen (secondary N) is 3. The molecule has 0 unspecified atom stereocenters. The van der Waals surface area contributed by atoms with Crippen molar-refractivity contribution in [2.75, 3.05) is 82.9 Å². The third kappa shape index (κ3) is 15.1. The van der Waals surface area contributed by atoms with E-state index >= 15 is 0 Å². The predicted octanol–water partition coefficient (Wildman–Crippen LogP) is 14.6. The van der Waals surface area contributed by atoms with Crippen LogP contribution in [0.5, 0.6) is 23.0 Å². The number of allylic oxidation sites excluding steroid dienone is 3. The van der Waals surface area contributed by atoms with Crippen molar-refractivity contribution in [1.82, 2.24) is 30.2 Å². The Morgan fingerprint density at radius 2 is 1.06 bits per heavy atom. The molecule has 442 valence electrons. The molecule has 2 fully saturated rings. The number of hydrogen-bond donors (Lipinski definition) is 3. The summed E-state index contributed by atoms with van der Waals surface area (Å²) in [4.78, 5) is 57.9. The zero-order chi connectivity index (χ0) is 59.7. The lowest BCUT2D eigenvalue weighted by molar-refractivity contribution is -0.105. The summed E-state index contributed by atoms with van der Waals surface area (Å²) in [5, 5.41) is 6.73. The maximum absolute atomic E-state index is 12.5. The molecule has 0 bridgehead atoms. The average Bonchev–Trinajstić information content (AvgIpc) is 4.25. The maximum atomic E-state index is 12.5. The smallest absolute Gasteiger partial charge is 0.341 e. The normalized spacial score (nSPS) is 16.9. The lowest BCUT2D eigenvalue weighted by Gasteiger charge is -2.39. The number of piperazine rings is 2. The number of halogens is 2. The molecule has 0 saturated carbocycles. The minimum Gasteiger partial charge on any atom is -0.465 e. The highest BCUT2D eigenvalue weighted by Crippen LogP contribution is 2.45. The monoisotopic (exact) mass is 1180 g/mol. The summed E-state index contributed by atoms with van der Waals surface area (Å²) in [6, 6.07) is 35.0. The number of H-pyrrole nitrogens is 2. The van der Waals surface area contributed by atoms with Crippen LogP contribution >= 0.6 is 23.2 Å². The van der Waals surface area contributed by atoms with Gasteiger partial charge in [0.05, 0.1) is 26.6 Å². The summed E-state index contributed by atoms with van der Waals surface area (Å²) < 4.78 is 22.2. The number of nitrogens with zero attached hydrogens (tertiary/aromatic N) is 5. The molecule has 8 aromatic rings. The molecule has 6 heterocycles. The number of methoxy groups -OCH3 is 2. The fraction of sp³-hybridized carbons (Fsp3) is 0.338. The zero-order valence-electron chi connectivity index (χ0n) is 49.2. The Kier molecular flexibility index (Phi) is 19.1. The summed E-state index contributed by atoms with van der Waals surface area (Å²) in [6.07, 6.45) is 14.3. The first kappa shape index (κ1) is 60.2. The van der Waals surface area contributed by atoms with Crippen molar-refractivity contribution in [3.63, 3.8) is 0 Å². The predicted molar refractivity (Wildman–Crippen MR) is 340 cm³/mol. The topological polar surface area (TPSA) is 167 Å². The Hall–Kier alpha value is -7.95. The number of ether oxygens (including phenoxy) is 4. The second-order valence-electron chi connectivity index (χ2n) is 23.6. The standard InChI is InChI=1S/C34H37ClN4O3.C19H20N4O3.C15H17ClO/c1-34(2)12-10-25(30(20-34)23-4-6-26(35)7-5-23)22-38-14-16-39(17-15-38)27-8-9-29(33(40)41-3)31(19-27)42-28-18-24-11-13-36-32(24)37-21-28;1-25-19(24)16-3-2-14(23-8-6-20-7-9-23)11-17(16)26-15-10-13-4-5-21-18(13)22-12-15;1-15(2)8-7-12(10-17)14(9-15)11-3-5-13(16)6-4-11/h4-9,11,13,18-19,21H,10,12,14-17,20,22H2,1-3H3,(H,36,37);2-5,10-12,20H,6-9H2,1H3,(H,21,22);3-6,10H,7-9H2,1-2H3. The van der Waals surface area contributed by atoms with E-state index in [4.69, 9.17) is 42.1 Å². The van der Waals surface area contributed by atoms with E-state index in [0.29, 0.717) is 39.5 Å². The van der Waals surface area contributed by atoms with Gasteiger partial charge >= 0.3 is 11.9 Å². The largest absolute Gasteiger partial charge is 0.465 e. The van der Waals surface area contributed by atoms with Crippen LogP contribution in [0.15, 0.2) is 145 Å². The SMILES string of the molecule is CC1(C)CCC(C=O)=C(c2ccc(Cl)cc2)C1.COC(=O)c1ccc(N2CCN(CC3=C(c4ccc(Cl)cc4)CC(C)(C)CC3)CC2)cc1Oc1cnc2[nH]ccc2c1.COC(=O)c1ccc(N2CCNCC2)cc1Oc1cnc2[nH]ccc2c1. The van der Waals surface area contributed by atoms with Crippen molar-refractivity contribution in [3.8, 4) is 23.0 Å². The number of aromatic amines is 2. The summed E-state index contributed by atoms with van der Waals surface area (Å²) in [6.45, 7) is 17.6. The minimum absolute atomic E-state index is 0.279. The van der Waals surface area contributed by atoms with Crippen LogP contribution in [0.25, 0.3) is 33.2 Å². The number of carbonyl (C=O) groups excluding carboxylic acids is 3. The van der Waals surface area contributed by atoms with Gasteiger partial charge in [-0.25, -0.2) is 19.6 Å². The van der Waals surface area contributed by atoms with Crippen molar-refractivity contribution in [2.24, 2.45) is 10.8 Å². The number of rotatable bonds is 13. The fourth-order valence-electron chi connectivity index (χ4n) is 11.5. The Bertz CT molecular complexity index is 3720. The van der Waals surface area contributed by atoms with Gasteiger partial charge in [0, 0.05) is 116 Å². The van der Waals surface area contributed by atoms with Crippen LogP contribution in [0, 0.1) is 10.8 Å². The number of esters is 2. The highest BCUT2D eigenvalue weighted by atomic mass is 35.5. The molecule has 0 radical (unpaired) electrons.